The van der Waals surface area contributed by atoms with Crippen LogP contribution in [0.5, 0.6) is 0 Å². The Hall–Kier alpha value is -1.10. The summed E-state index contributed by atoms with van der Waals surface area (Å²) in [6.45, 7) is 0. The Morgan fingerprint density at radius 2 is 1.65 bits per heavy atom. The number of hydrogen-bond acceptors (Lipinski definition) is 8. The Bertz CT molecular complexity index is 578. The first-order valence-corrected chi connectivity index (χ1v) is 9.12. The largest absolute Gasteiger partial charge is 0.389 e. The summed E-state index contributed by atoms with van der Waals surface area (Å²) in [6, 6.07) is 7.94. The van der Waals surface area contributed by atoms with Crippen LogP contribution in [0.25, 0.3) is 0 Å². The van der Waals surface area contributed by atoms with E-state index in [4.69, 9.17) is 32.4 Å². The quantitative estimate of drug-likeness (QED) is 0.382. The maximum atomic E-state index is 10.3. The van der Waals surface area contributed by atoms with Gasteiger partial charge in [-0.15, -0.1) is 0 Å². The van der Waals surface area contributed by atoms with E-state index in [0.717, 1.165) is 5.56 Å². The molecule has 3 rings (SSSR count). The summed E-state index contributed by atoms with van der Waals surface area (Å²) in [5.41, 5.74) is 25.3. The van der Waals surface area contributed by atoms with Crippen LogP contribution in [0, 0.1) is 0 Å². The standard InChI is InChI=1S/C18H30N4O4/c19-10-6-7-13(14(22)9-4-2-1-3-5-9)25-18(10)26-17-12(21)8-11(20)15(23)16(17)24/h1-5,10-18,23-24H,6-8,19-22H2. The molecule has 1 heterocycles. The zero-order chi connectivity index (χ0) is 18.8. The molecule has 1 aliphatic heterocycles. The lowest BCUT2D eigenvalue weighted by Crippen LogP contribution is -2.64. The van der Waals surface area contributed by atoms with E-state index in [2.05, 4.69) is 0 Å². The molecule has 8 heteroatoms. The van der Waals surface area contributed by atoms with Crippen LogP contribution in [0.15, 0.2) is 30.3 Å². The number of hydrogen-bond donors (Lipinski definition) is 6. The lowest BCUT2D eigenvalue weighted by Gasteiger charge is -2.44. The fourth-order valence-electron chi connectivity index (χ4n) is 3.75. The van der Waals surface area contributed by atoms with Crippen LogP contribution in [0.1, 0.15) is 30.9 Å². The minimum Gasteiger partial charge on any atom is -0.389 e. The molecular weight excluding hydrogens is 336 g/mol. The summed E-state index contributed by atoms with van der Waals surface area (Å²) in [7, 11) is 0. The van der Waals surface area contributed by atoms with Crippen molar-refractivity contribution in [1.29, 1.82) is 0 Å². The molecule has 8 nitrogen and oxygen atoms in total. The summed E-state index contributed by atoms with van der Waals surface area (Å²) < 4.78 is 11.9. The summed E-state index contributed by atoms with van der Waals surface area (Å²) >= 11 is 0. The van der Waals surface area contributed by atoms with Crippen molar-refractivity contribution in [2.45, 2.75) is 74.1 Å². The molecule has 10 N–H and O–H groups in total. The molecule has 146 valence electrons. The molecule has 0 spiro atoms. The van der Waals surface area contributed by atoms with E-state index in [1.807, 2.05) is 30.3 Å². The minimum absolute atomic E-state index is 0.258. The second-order valence-electron chi connectivity index (χ2n) is 7.37. The zero-order valence-electron chi connectivity index (χ0n) is 14.7. The predicted octanol–water partition coefficient (Wildman–Crippen LogP) is -1.32. The van der Waals surface area contributed by atoms with Crippen LogP contribution >= 0.6 is 0 Å². The van der Waals surface area contributed by atoms with Crippen molar-refractivity contribution < 1.29 is 19.7 Å². The second kappa shape index (κ2) is 8.28. The van der Waals surface area contributed by atoms with Gasteiger partial charge in [-0.3, -0.25) is 0 Å². The average molecular weight is 366 g/mol. The summed E-state index contributed by atoms with van der Waals surface area (Å²) in [5, 5.41) is 20.3. The predicted molar refractivity (Wildman–Crippen MR) is 96.7 cm³/mol. The number of ether oxygens (including phenoxy) is 2. The van der Waals surface area contributed by atoms with Crippen molar-refractivity contribution in [2.75, 3.05) is 0 Å². The molecule has 1 saturated carbocycles. The van der Waals surface area contributed by atoms with Gasteiger partial charge >= 0.3 is 0 Å². The second-order valence-corrected chi connectivity index (χ2v) is 7.37. The molecule has 1 aliphatic carbocycles. The van der Waals surface area contributed by atoms with Crippen molar-refractivity contribution in [3.8, 4) is 0 Å². The highest BCUT2D eigenvalue weighted by Crippen LogP contribution is 2.30. The third-order valence-corrected chi connectivity index (χ3v) is 5.41. The molecule has 1 aromatic carbocycles. The molecule has 2 aliphatic rings. The van der Waals surface area contributed by atoms with E-state index in [-0.39, 0.29) is 18.2 Å². The molecule has 0 radical (unpaired) electrons. The Balaban J connectivity index is 1.67. The molecule has 2 fully saturated rings. The van der Waals surface area contributed by atoms with Crippen LogP contribution in [-0.4, -0.2) is 59.0 Å². The van der Waals surface area contributed by atoms with Gasteiger partial charge in [-0.25, -0.2) is 0 Å². The first-order chi connectivity index (χ1) is 12.4. The van der Waals surface area contributed by atoms with Gasteiger partial charge in [0.1, 0.15) is 12.2 Å². The van der Waals surface area contributed by atoms with Gasteiger partial charge in [0.15, 0.2) is 6.29 Å². The third-order valence-electron chi connectivity index (χ3n) is 5.41. The first kappa shape index (κ1) is 19.7. The fraction of sp³-hybridized carbons (Fsp3) is 0.667. The molecule has 9 atom stereocenters. The molecular formula is C18H30N4O4. The monoisotopic (exact) mass is 366 g/mol. The molecule has 0 aromatic heterocycles. The van der Waals surface area contributed by atoms with Crippen molar-refractivity contribution in [3.63, 3.8) is 0 Å². The van der Waals surface area contributed by atoms with Crippen molar-refractivity contribution in [1.82, 2.24) is 0 Å². The van der Waals surface area contributed by atoms with E-state index >= 15 is 0 Å². The Kier molecular flexibility index (Phi) is 6.26. The Morgan fingerprint density at radius 3 is 2.35 bits per heavy atom. The van der Waals surface area contributed by atoms with Crippen molar-refractivity contribution >= 4 is 0 Å². The smallest absolute Gasteiger partial charge is 0.173 e. The highest BCUT2D eigenvalue weighted by atomic mass is 16.7. The number of rotatable bonds is 4. The number of aliphatic hydroxyl groups is 2. The van der Waals surface area contributed by atoms with Crippen LogP contribution in [-0.2, 0) is 9.47 Å². The Labute approximate surface area is 153 Å². The van der Waals surface area contributed by atoms with Crippen molar-refractivity contribution in [2.24, 2.45) is 22.9 Å². The maximum Gasteiger partial charge on any atom is 0.173 e. The fourth-order valence-corrected chi connectivity index (χ4v) is 3.75. The Morgan fingerprint density at radius 1 is 0.962 bits per heavy atom. The zero-order valence-corrected chi connectivity index (χ0v) is 14.7. The van der Waals surface area contributed by atoms with Crippen molar-refractivity contribution in [3.05, 3.63) is 35.9 Å². The molecule has 1 saturated heterocycles. The third kappa shape index (κ3) is 4.08. The van der Waals surface area contributed by atoms with E-state index < -0.39 is 36.7 Å². The van der Waals surface area contributed by atoms with E-state index in [9.17, 15) is 10.2 Å². The minimum atomic E-state index is -1.19. The topological polar surface area (TPSA) is 163 Å². The highest BCUT2D eigenvalue weighted by Gasteiger charge is 2.44. The SMILES string of the molecule is NC1CCC(C(N)c2ccccc2)OC1OC1C(N)CC(N)C(O)C1O. The normalized spacial score (nSPS) is 42.4. The van der Waals surface area contributed by atoms with Gasteiger partial charge in [0.05, 0.1) is 24.3 Å². The number of nitrogens with two attached hydrogens (primary N) is 4. The summed E-state index contributed by atoms with van der Waals surface area (Å²) in [4.78, 5) is 0. The van der Waals surface area contributed by atoms with Gasteiger partial charge in [-0.05, 0) is 24.8 Å². The summed E-state index contributed by atoms with van der Waals surface area (Å²) in [5.74, 6) is 0. The lowest BCUT2D eigenvalue weighted by atomic mass is 9.84. The van der Waals surface area contributed by atoms with Gasteiger partial charge in [0.25, 0.3) is 0 Å². The van der Waals surface area contributed by atoms with Crippen LogP contribution in [0.3, 0.4) is 0 Å². The van der Waals surface area contributed by atoms with E-state index in [1.54, 1.807) is 0 Å². The molecule has 9 unspecified atom stereocenters. The average Bonchev–Trinajstić information content (AvgIpc) is 2.65. The van der Waals surface area contributed by atoms with Gasteiger partial charge < -0.3 is 42.6 Å². The van der Waals surface area contributed by atoms with Gasteiger partial charge in [-0.2, -0.15) is 0 Å². The molecule has 26 heavy (non-hydrogen) atoms. The number of benzene rings is 1. The van der Waals surface area contributed by atoms with Gasteiger partial charge in [0, 0.05) is 12.1 Å². The lowest BCUT2D eigenvalue weighted by molar-refractivity contribution is -0.256. The van der Waals surface area contributed by atoms with Crippen LogP contribution in [0.4, 0.5) is 0 Å². The first-order valence-electron chi connectivity index (χ1n) is 9.12. The maximum absolute atomic E-state index is 10.3. The van der Waals surface area contributed by atoms with Crippen LogP contribution < -0.4 is 22.9 Å². The van der Waals surface area contributed by atoms with Crippen LogP contribution in [0.2, 0.25) is 0 Å². The highest BCUT2D eigenvalue weighted by molar-refractivity contribution is 5.19. The van der Waals surface area contributed by atoms with E-state index in [0.29, 0.717) is 19.3 Å². The molecule has 1 aromatic rings. The van der Waals surface area contributed by atoms with Gasteiger partial charge in [-0.1, -0.05) is 30.3 Å². The summed E-state index contributed by atoms with van der Waals surface area (Å²) in [6.07, 6.45) is -2.36. The van der Waals surface area contributed by atoms with E-state index in [1.165, 1.54) is 0 Å². The number of aliphatic hydroxyl groups excluding tert-OH is 2. The molecule has 0 bridgehead atoms. The van der Waals surface area contributed by atoms with Gasteiger partial charge in [0.2, 0.25) is 0 Å². The molecule has 0 amide bonds.